The largest absolute Gasteiger partial charge is 2.00 e. The Morgan fingerprint density at radius 3 is 1.34 bits per heavy atom. The molecule has 2 nitrogen and oxygen atoms in total. The molecule has 3 aromatic rings. The molecule has 2 aromatic carbocycles. The van der Waals surface area contributed by atoms with Gasteiger partial charge in [-0.15, -0.1) is 11.3 Å². The molecule has 0 aliphatic rings. The standard InChI is InChI=1S/C29H38O2S.2ClH.Ti/c1-16-14-18(3)26(30)22(24(16)28(5,6)7)21(20-12-11-13-32-20)23-25(29(8,9)10)17(2)15-19(4)27(23)31;;;/h11-15,21,30-31H,1-10H3;2*1H;/q;;;+2/p-2. The molecule has 0 unspecified atom stereocenters. The van der Waals surface area contributed by atoms with Crippen LogP contribution in [0.5, 0.6) is 11.5 Å². The zero-order chi connectivity index (χ0) is 24.2. The van der Waals surface area contributed by atoms with Crippen LogP contribution in [0.3, 0.4) is 0 Å². The van der Waals surface area contributed by atoms with Gasteiger partial charge in [-0.05, 0) is 83.4 Å². The molecule has 6 heteroatoms. The molecule has 1 aromatic heterocycles. The van der Waals surface area contributed by atoms with Crippen LogP contribution in [-0.4, -0.2) is 10.2 Å². The van der Waals surface area contributed by atoms with Gasteiger partial charge >= 0.3 is 21.7 Å². The third-order valence-corrected chi connectivity index (χ3v) is 7.29. The van der Waals surface area contributed by atoms with Crippen LogP contribution < -0.4 is 24.8 Å². The fraction of sp³-hybridized carbons (Fsp3) is 0.448. The van der Waals surface area contributed by atoms with Crippen molar-refractivity contribution in [1.82, 2.24) is 0 Å². The summed E-state index contributed by atoms with van der Waals surface area (Å²) in [4.78, 5) is 1.13. The Kier molecular flexibility index (Phi) is 11.7. The molecule has 0 aliphatic heterocycles. The first kappa shape index (κ1) is 34.0. The van der Waals surface area contributed by atoms with Gasteiger partial charge in [0.25, 0.3) is 0 Å². The van der Waals surface area contributed by atoms with Crippen molar-refractivity contribution < 1.29 is 56.7 Å². The average Bonchev–Trinajstić information content (AvgIpc) is 3.15. The fourth-order valence-corrected chi connectivity index (χ4v) is 6.30. The number of phenolic OH excluding ortho intramolecular Hbond substituents is 2. The number of halogens is 2. The number of aryl methyl sites for hydroxylation is 4. The number of hydrogen-bond donors (Lipinski definition) is 2. The van der Waals surface area contributed by atoms with Gasteiger partial charge < -0.3 is 35.0 Å². The maximum Gasteiger partial charge on any atom is 2.00 e. The van der Waals surface area contributed by atoms with Gasteiger partial charge in [-0.25, -0.2) is 0 Å². The van der Waals surface area contributed by atoms with Crippen molar-refractivity contribution in [3.05, 3.63) is 79.0 Å². The van der Waals surface area contributed by atoms with Crippen molar-refractivity contribution in [3.63, 3.8) is 0 Å². The quantitative estimate of drug-likeness (QED) is 0.475. The number of phenols is 2. The van der Waals surface area contributed by atoms with Crippen molar-refractivity contribution in [2.75, 3.05) is 0 Å². The molecule has 0 bridgehead atoms. The molecule has 0 atom stereocenters. The topological polar surface area (TPSA) is 40.5 Å². The summed E-state index contributed by atoms with van der Waals surface area (Å²) in [6.45, 7) is 21.4. The second kappa shape index (κ2) is 12.1. The summed E-state index contributed by atoms with van der Waals surface area (Å²) >= 11 is 1.68. The van der Waals surface area contributed by atoms with Crippen LogP contribution >= 0.6 is 11.3 Å². The molecule has 190 valence electrons. The van der Waals surface area contributed by atoms with Crippen molar-refractivity contribution in [1.29, 1.82) is 0 Å². The van der Waals surface area contributed by atoms with Gasteiger partial charge in [-0.2, -0.15) is 0 Å². The molecule has 3 rings (SSSR count). The Labute approximate surface area is 243 Å². The van der Waals surface area contributed by atoms with Gasteiger partial charge in [0.15, 0.2) is 0 Å². The first-order valence-corrected chi connectivity index (χ1v) is 12.2. The number of thiophene rings is 1. The molecule has 0 saturated heterocycles. The van der Waals surface area contributed by atoms with Crippen LogP contribution in [0.15, 0.2) is 29.6 Å². The van der Waals surface area contributed by atoms with Crippen LogP contribution in [0.1, 0.15) is 96.8 Å². The van der Waals surface area contributed by atoms with E-state index in [1.807, 2.05) is 13.8 Å². The van der Waals surface area contributed by atoms with E-state index in [1.165, 1.54) is 11.1 Å². The van der Waals surface area contributed by atoms with E-state index < -0.39 is 0 Å². The minimum atomic E-state index is -0.254. The van der Waals surface area contributed by atoms with E-state index in [9.17, 15) is 10.2 Å². The summed E-state index contributed by atoms with van der Waals surface area (Å²) in [5.74, 6) is 0.408. The molecule has 0 fully saturated rings. The summed E-state index contributed by atoms with van der Waals surface area (Å²) in [5.41, 5.74) is 7.88. The Morgan fingerprint density at radius 1 is 0.686 bits per heavy atom. The molecule has 1 heterocycles. The molecule has 0 spiro atoms. The first-order chi connectivity index (χ1) is 14.7. The first-order valence-electron chi connectivity index (χ1n) is 11.4. The monoisotopic (exact) mass is 568 g/mol. The van der Waals surface area contributed by atoms with E-state index in [4.69, 9.17) is 0 Å². The summed E-state index contributed by atoms with van der Waals surface area (Å²) in [5, 5.41) is 25.2. The number of aromatic hydroxyl groups is 2. The van der Waals surface area contributed by atoms with Crippen molar-refractivity contribution >= 4 is 11.3 Å². The van der Waals surface area contributed by atoms with Crippen LogP contribution in [0.4, 0.5) is 0 Å². The Hall–Kier alpha value is -0.966. The van der Waals surface area contributed by atoms with Gasteiger partial charge in [-0.3, -0.25) is 0 Å². The Balaban J connectivity index is 0.00000385. The van der Waals surface area contributed by atoms with E-state index in [0.29, 0.717) is 11.5 Å². The van der Waals surface area contributed by atoms with Crippen LogP contribution in [0, 0.1) is 27.7 Å². The minimum Gasteiger partial charge on any atom is -1.00 e. The van der Waals surface area contributed by atoms with Crippen LogP contribution in [0.25, 0.3) is 0 Å². The fourth-order valence-electron chi connectivity index (χ4n) is 5.45. The average molecular weight is 569 g/mol. The normalized spacial score (nSPS) is 11.5. The van der Waals surface area contributed by atoms with E-state index in [-0.39, 0.29) is 63.3 Å². The van der Waals surface area contributed by atoms with E-state index in [2.05, 4.69) is 85.0 Å². The number of benzene rings is 2. The molecule has 0 saturated carbocycles. The van der Waals surface area contributed by atoms with Gasteiger partial charge in [0, 0.05) is 16.0 Å². The summed E-state index contributed by atoms with van der Waals surface area (Å²) < 4.78 is 0. The third kappa shape index (κ3) is 6.49. The van der Waals surface area contributed by atoms with Gasteiger partial charge in [0.1, 0.15) is 11.5 Å². The van der Waals surface area contributed by atoms with Crippen molar-refractivity contribution in [2.24, 2.45) is 0 Å². The van der Waals surface area contributed by atoms with Crippen LogP contribution in [0.2, 0.25) is 0 Å². The summed E-state index contributed by atoms with van der Waals surface area (Å²) in [6, 6.07) is 8.34. The van der Waals surface area contributed by atoms with Crippen molar-refractivity contribution in [2.45, 2.75) is 86.0 Å². The van der Waals surface area contributed by atoms with Gasteiger partial charge in [-0.1, -0.05) is 59.7 Å². The predicted octanol–water partition coefficient (Wildman–Crippen LogP) is 2.17. The molecular weight excluding hydrogens is 531 g/mol. The van der Waals surface area contributed by atoms with Gasteiger partial charge in [0.2, 0.25) is 0 Å². The van der Waals surface area contributed by atoms with E-state index >= 15 is 0 Å². The Bertz CT molecular complexity index is 1080. The number of rotatable bonds is 3. The molecule has 0 radical (unpaired) electrons. The third-order valence-electron chi connectivity index (χ3n) is 6.36. The Morgan fingerprint density at radius 2 is 1.06 bits per heavy atom. The summed E-state index contributed by atoms with van der Waals surface area (Å²) in [6.07, 6.45) is 0. The van der Waals surface area contributed by atoms with E-state index in [1.54, 1.807) is 11.3 Å². The minimum absolute atomic E-state index is 0. The second-order valence-electron chi connectivity index (χ2n) is 11.2. The second-order valence-corrected chi connectivity index (χ2v) is 12.2. The molecular formula is C29H38Cl2O2STi. The smallest absolute Gasteiger partial charge is 1.00 e. The number of hydrogen-bond acceptors (Lipinski definition) is 3. The summed E-state index contributed by atoms with van der Waals surface area (Å²) in [7, 11) is 0. The molecule has 2 N–H and O–H groups in total. The maximum atomic E-state index is 11.5. The van der Waals surface area contributed by atoms with Crippen molar-refractivity contribution in [3.8, 4) is 11.5 Å². The van der Waals surface area contributed by atoms with Crippen LogP contribution in [-0.2, 0) is 32.5 Å². The zero-order valence-electron chi connectivity index (χ0n) is 22.5. The van der Waals surface area contributed by atoms with E-state index in [0.717, 1.165) is 38.3 Å². The predicted molar refractivity (Wildman–Crippen MR) is 138 cm³/mol. The SMILES string of the molecule is Cc1cc(C)c(C(C)(C)C)c(C(c2cccs2)c2c(O)c(C)cc(C)c2C(C)(C)C)c1O.[Cl-].[Cl-].[Ti+2]. The molecule has 0 aliphatic carbocycles. The zero-order valence-corrected chi connectivity index (χ0v) is 26.4. The van der Waals surface area contributed by atoms with Gasteiger partial charge in [0.05, 0.1) is 5.92 Å². The molecule has 35 heavy (non-hydrogen) atoms. The molecule has 0 amide bonds. The maximum absolute atomic E-state index is 11.5.